The van der Waals surface area contributed by atoms with Crippen LogP contribution in [0, 0.1) is 69.0 Å². The van der Waals surface area contributed by atoms with Gasteiger partial charge in [-0.1, -0.05) is 20.3 Å². The summed E-state index contributed by atoms with van der Waals surface area (Å²) < 4.78 is 70.3. The summed E-state index contributed by atoms with van der Waals surface area (Å²) in [7, 11) is 3.58. The Morgan fingerprint density at radius 3 is 1.05 bits per heavy atom. The molecule has 105 heavy (non-hydrogen) atoms. The fraction of sp³-hybridized carbons (Fsp3) is 0.786. The van der Waals surface area contributed by atoms with Gasteiger partial charge in [-0.2, -0.15) is 11.8 Å². The highest BCUT2D eigenvalue weighted by atomic mass is 35.5. The topological polar surface area (TPSA) is 446 Å². The van der Waals surface area contributed by atoms with Gasteiger partial charge in [0.25, 0.3) is 0 Å². The van der Waals surface area contributed by atoms with Gasteiger partial charge in [0.15, 0.2) is 0 Å². The smallest absolute Gasteiger partial charge is 0.409 e. The SMILES string of the molecule is CCOC(=O)C1(CC(=O)O)CCN(C(=O)OC)CC1.CCOC(=O)C1(CC(=O)O)CCS(=O)(=O)CC1.CCOC(=O)C1(CC(=O)O)CCSCC1.CCOC(=O)C1CC(C)(C)CC1C(=O)OCC.COC(=O)C1CC(C(=O)OC)C1.COC(=O)C1CCC(C(=O)Cl)C1.COC(=O)C1CCCC(C(=O)Cl)C1. The van der Waals surface area contributed by atoms with Crippen LogP contribution in [0.2, 0.25) is 0 Å². The number of carboxylic acids is 3. The number of hydrogen-bond donors (Lipinski definition) is 3. The highest BCUT2D eigenvalue weighted by Gasteiger charge is 2.50. The minimum Gasteiger partial charge on any atom is -0.481 e. The molecule has 0 aromatic rings. The van der Waals surface area contributed by atoms with Crippen LogP contribution in [0.3, 0.4) is 0 Å². The van der Waals surface area contributed by atoms with E-state index >= 15 is 0 Å². The number of methoxy groups -OCH3 is 5. The summed E-state index contributed by atoms with van der Waals surface area (Å²) in [5.74, 6) is -6.01. The van der Waals surface area contributed by atoms with Crippen molar-refractivity contribution in [2.24, 2.45) is 69.0 Å². The van der Waals surface area contributed by atoms with E-state index in [2.05, 4.69) is 37.5 Å². The predicted octanol–water partition coefficient (Wildman–Crippen LogP) is 8.23. The van der Waals surface area contributed by atoms with Crippen LogP contribution in [0.25, 0.3) is 0 Å². The molecular weight excluding hydrogens is 1470 g/mol. The van der Waals surface area contributed by atoms with Gasteiger partial charge in [0.05, 0.1) is 151 Å². The van der Waals surface area contributed by atoms with Crippen LogP contribution in [0.15, 0.2) is 0 Å². The molecule has 0 spiro atoms. The molecule has 3 N–H and O–H groups in total. The summed E-state index contributed by atoms with van der Waals surface area (Å²) in [6, 6.07) is 0. The number of carbonyl (C=O) groups is 15. The van der Waals surface area contributed by atoms with Crippen molar-refractivity contribution in [2.45, 2.75) is 177 Å². The molecule has 600 valence electrons. The Hall–Kier alpha value is -6.87. The first-order chi connectivity index (χ1) is 49.3. The third-order valence-electron chi connectivity index (χ3n) is 19.2. The zero-order valence-corrected chi connectivity index (χ0v) is 65.6. The maximum atomic E-state index is 12.0. The highest BCUT2D eigenvalue weighted by Crippen LogP contribution is 2.47. The van der Waals surface area contributed by atoms with Crippen molar-refractivity contribution in [3.63, 3.8) is 0 Å². The van der Waals surface area contributed by atoms with Gasteiger partial charge in [0.2, 0.25) is 10.5 Å². The molecule has 0 aromatic carbocycles. The second-order valence-corrected chi connectivity index (χ2v) is 31.3. The van der Waals surface area contributed by atoms with Crippen LogP contribution in [0.4, 0.5) is 4.79 Å². The Labute approximate surface area is 628 Å². The molecule has 1 amide bonds. The molecule has 3 aliphatic heterocycles. The summed E-state index contributed by atoms with van der Waals surface area (Å²) in [5.41, 5.74) is -2.98. The first-order valence-corrected chi connectivity index (χ1v) is 38.8. The molecule has 3 saturated heterocycles. The third kappa shape index (κ3) is 32.6. The Morgan fingerprint density at radius 2 is 0.724 bits per heavy atom. The monoisotopic (exact) mass is 1580 g/mol. The van der Waals surface area contributed by atoms with Crippen LogP contribution in [0.1, 0.15) is 177 Å². The molecule has 0 radical (unpaired) electrons. The van der Waals surface area contributed by atoms with Crippen molar-refractivity contribution in [1.82, 2.24) is 4.90 Å². The molecule has 4 saturated carbocycles. The Kier molecular flexibility index (Phi) is 43.7. The van der Waals surface area contributed by atoms with Crippen molar-refractivity contribution in [3.8, 4) is 0 Å². The summed E-state index contributed by atoms with van der Waals surface area (Å²) in [6.07, 6.45) is 8.14. The summed E-state index contributed by atoms with van der Waals surface area (Å²) in [5, 5.41) is 26.0. The van der Waals surface area contributed by atoms with Gasteiger partial charge in [-0.05, 0) is 177 Å². The van der Waals surface area contributed by atoms with Crippen molar-refractivity contribution >= 4 is 133 Å². The molecule has 7 rings (SSSR count). The number of likely N-dealkylation sites (tertiary alicyclic amines) is 1. The van der Waals surface area contributed by atoms with Gasteiger partial charge in [0, 0.05) is 24.9 Å². The highest BCUT2D eigenvalue weighted by molar-refractivity contribution is 7.99. The number of carbonyl (C=O) groups excluding carboxylic acids is 12. The first kappa shape index (κ1) is 96.1. The average Bonchev–Trinajstić information content (AvgIpc) is 1.79. The van der Waals surface area contributed by atoms with Crippen LogP contribution in [-0.2, 0) is 124 Å². The van der Waals surface area contributed by atoms with E-state index in [0.29, 0.717) is 90.7 Å². The molecule has 6 unspecified atom stereocenters. The molecular formula is C70H109Cl2NO30S2. The standard InChI is InChI=1S/C13H22O4.C12H19NO6.C10H16O6S.C10H16O4S.C9H13ClO3.C8H11ClO3.C8H12O4/c1-5-16-11(14)9-7-13(3,4)8-10(9)12(15)17-6-2;1-3-19-10(16)12(8-9(14)15)4-6-13(7-5-12)11(17)18-2;1-2-16-9(13)10(7-8(11)12)3-5-17(14,15)6-4-10;1-2-14-9(13)10(7-8(11)12)3-5-15-6-4-10;1-13-9(12)7-4-2-3-6(5-7)8(10)11;1-12-8(11)6-3-2-5(4-6)7(9)10;1-11-7(9)5-3-6(4-5)8(10)12-2/h9-10H,5-8H2,1-4H3;3-8H2,1-2H3,(H,14,15);2-7H2,1H3,(H,11,12);2-7H2,1H3,(H,11,12);6-7H,2-5H2,1H3;5-6H,2-4H2,1H3;5-6H,3-4H2,1-2H3. The van der Waals surface area contributed by atoms with Crippen molar-refractivity contribution in [1.29, 1.82) is 0 Å². The van der Waals surface area contributed by atoms with Crippen LogP contribution >= 0.6 is 35.0 Å². The number of carboxylic acid groups (broad SMARTS) is 3. The number of esters is 9. The number of piperidine rings is 1. The number of aliphatic carboxylic acids is 3. The number of halogens is 2. The Morgan fingerprint density at radius 1 is 0.419 bits per heavy atom. The van der Waals surface area contributed by atoms with Gasteiger partial charge < -0.3 is 67.6 Å². The number of rotatable bonds is 22. The number of thioether (sulfide) groups is 1. The van der Waals surface area contributed by atoms with Gasteiger partial charge in [-0.25, -0.2) is 13.2 Å². The minimum absolute atomic E-state index is 0.00510. The lowest BCUT2D eigenvalue weighted by molar-refractivity contribution is -0.163. The van der Waals surface area contributed by atoms with E-state index in [1.807, 2.05) is 0 Å². The predicted molar refractivity (Wildman–Crippen MR) is 377 cm³/mol. The normalized spacial score (nSPS) is 23.7. The maximum Gasteiger partial charge on any atom is 0.409 e. The average molecular weight is 1580 g/mol. The van der Waals surface area contributed by atoms with Gasteiger partial charge in [-0.3, -0.25) is 67.1 Å². The first-order valence-electron chi connectivity index (χ1n) is 35.1. The fourth-order valence-electron chi connectivity index (χ4n) is 13.3. The summed E-state index contributed by atoms with van der Waals surface area (Å²) in [6.45, 7) is 14.7. The van der Waals surface area contributed by atoms with E-state index in [0.717, 1.165) is 37.2 Å². The number of nitrogens with zero attached hydrogens (tertiary/aromatic N) is 1. The molecule has 6 atom stereocenters. The molecule has 0 bridgehead atoms. The molecule has 0 aromatic heterocycles. The number of ether oxygens (including phenoxy) is 10. The lowest BCUT2D eigenvalue weighted by Gasteiger charge is -2.38. The molecule has 7 fully saturated rings. The number of amides is 1. The Balaban J connectivity index is 0.000000616. The van der Waals surface area contributed by atoms with Gasteiger partial charge >= 0.3 is 77.7 Å². The Bertz CT molecular complexity index is 2970. The van der Waals surface area contributed by atoms with E-state index in [1.165, 1.54) is 40.4 Å². The number of hydrogen-bond acceptors (Lipinski definition) is 28. The molecule has 3 heterocycles. The number of sulfone groups is 1. The lowest BCUT2D eigenvalue weighted by Crippen LogP contribution is -2.48. The maximum absolute atomic E-state index is 12.0. The van der Waals surface area contributed by atoms with Crippen LogP contribution < -0.4 is 0 Å². The van der Waals surface area contributed by atoms with Crippen molar-refractivity contribution < 1.29 is 143 Å². The van der Waals surface area contributed by atoms with Crippen molar-refractivity contribution in [2.75, 3.05) is 105 Å². The van der Waals surface area contributed by atoms with Crippen molar-refractivity contribution in [3.05, 3.63) is 0 Å². The largest absolute Gasteiger partial charge is 0.481 e. The molecule has 31 nitrogen and oxygen atoms in total. The lowest BCUT2D eigenvalue weighted by atomic mass is 9.75. The van der Waals surface area contributed by atoms with E-state index in [4.69, 9.17) is 62.2 Å². The minimum atomic E-state index is -3.14. The van der Waals surface area contributed by atoms with Gasteiger partial charge in [-0.15, -0.1) is 0 Å². The van der Waals surface area contributed by atoms with E-state index < -0.39 is 62.0 Å². The van der Waals surface area contributed by atoms with Gasteiger partial charge in [0.1, 0.15) is 9.84 Å². The molecule has 35 heteroatoms. The fourth-order valence-corrected chi connectivity index (χ4v) is 16.5. The summed E-state index contributed by atoms with van der Waals surface area (Å²) in [4.78, 5) is 170. The second-order valence-electron chi connectivity index (χ2n) is 27.1. The molecule has 4 aliphatic carbocycles. The zero-order valence-electron chi connectivity index (χ0n) is 62.4. The third-order valence-corrected chi connectivity index (χ3v) is 22.5. The molecule has 7 aliphatic rings. The van der Waals surface area contributed by atoms with E-state index in [9.17, 15) is 80.3 Å². The van der Waals surface area contributed by atoms with E-state index in [1.54, 1.807) is 46.4 Å². The van der Waals surface area contributed by atoms with E-state index in [-0.39, 0.29) is 175 Å². The van der Waals surface area contributed by atoms with Crippen LogP contribution in [0.5, 0.6) is 0 Å². The zero-order chi connectivity index (χ0) is 80.1. The second kappa shape index (κ2) is 47.7. The van der Waals surface area contributed by atoms with Crippen LogP contribution in [-0.4, -0.2) is 222 Å². The quantitative estimate of drug-likeness (QED) is 0.0521. The summed E-state index contributed by atoms with van der Waals surface area (Å²) >= 11 is 12.4.